The van der Waals surface area contributed by atoms with Crippen LogP contribution in [0.4, 0.5) is 20.5 Å². The van der Waals surface area contributed by atoms with Crippen LogP contribution in [0, 0.1) is 0 Å². The highest BCUT2D eigenvalue weighted by Gasteiger charge is 2.35. The first-order chi connectivity index (χ1) is 16.5. The first-order valence-electron chi connectivity index (χ1n) is 12.1. The number of anilines is 2. The van der Waals surface area contributed by atoms with Crippen LogP contribution in [0.3, 0.4) is 0 Å². The summed E-state index contributed by atoms with van der Waals surface area (Å²) < 4.78 is 44.2. The summed E-state index contributed by atoms with van der Waals surface area (Å²) in [4.78, 5) is 13.7. The molecule has 2 aromatic rings. The lowest BCUT2D eigenvalue weighted by Gasteiger charge is -2.32. The number of aromatic nitrogens is 2. The van der Waals surface area contributed by atoms with Crippen molar-refractivity contribution in [3.05, 3.63) is 12.1 Å². The van der Waals surface area contributed by atoms with E-state index in [0.29, 0.717) is 48.5 Å². The van der Waals surface area contributed by atoms with Crippen molar-refractivity contribution in [3.8, 4) is 11.5 Å². The van der Waals surface area contributed by atoms with Gasteiger partial charge in [0.15, 0.2) is 11.5 Å². The number of alkyl halides is 2. The molecule has 2 saturated heterocycles. The second kappa shape index (κ2) is 11.3. The number of hydrogen-bond donors (Lipinski definition) is 1. The molecule has 2 aliphatic rings. The number of piperidine rings is 1. The van der Waals surface area contributed by atoms with Crippen LogP contribution in [0.25, 0.3) is 10.9 Å². The van der Waals surface area contributed by atoms with Gasteiger partial charge in [0.2, 0.25) is 5.95 Å². The third kappa shape index (κ3) is 6.15. The van der Waals surface area contributed by atoms with E-state index in [1.54, 1.807) is 14.2 Å². The van der Waals surface area contributed by atoms with E-state index >= 15 is 0 Å². The fourth-order valence-corrected chi connectivity index (χ4v) is 4.45. The third-order valence-electron chi connectivity index (χ3n) is 6.42. The number of benzene rings is 1. The van der Waals surface area contributed by atoms with Gasteiger partial charge in [0.05, 0.1) is 25.8 Å². The van der Waals surface area contributed by atoms with Crippen molar-refractivity contribution in [1.82, 2.24) is 14.9 Å². The zero-order valence-electron chi connectivity index (χ0n) is 20.1. The predicted octanol–water partition coefficient (Wildman–Crippen LogP) is 3.80. The van der Waals surface area contributed by atoms with E-state index in [4.69, 9.17) is 19.2 Å². The van der Waals surface area contributed by atoms with Crippen LogP contribution in [0.1, 0.15) is 32.1 Å². The Balaban J connectivity index is 1.56. The fourth-order valence-electron chi connectivity index (χ4n) is 4.45. The van der Waals surface area contributed by atoms with Gasteiger partial charge >= 0.3 is 0 Å². The molecule has 1 N–H and O–H groups in total. The number of fused-ring (bicyclic) bond motifs is 1. The van der Waals surface area contributed by atoms with Gasteiger partial charge in [-0.1, -0.05) is 0 Å². The van der Waals surface area contributed by atoms with Gasteiger partial charge in [-0.3, -0.25) is 0 Å². The van der Waals surface area contributed by atoms with Gasteiger partial charge in [0, 0.05) is 57.6 Å². The summed E-state index contributed by atoms with van der Waals surface area (Å²) in [6, 6.07) is 3.73. The zero-order valence-corrected chi connectivity index (χ0v) is 20.1. The van der Waals surface area contributed by atoms with Gasteiger partial charge in [-0.2, -0.15) is 4.98 Å². The summed E-state index contributed by atoms with van der Waals surface area (Å²) in [5, 5.41) is 4.07. The Morgan fingerprint density at radius 1 is 1.00 bits per heavy atom. The van der Waals surface area contributed by atoms with E-state index in [9.17, 15) is 8.78 Å². The lowest BCUT2D eigenvalue weighted by molar-refractivity contribution is -0.0222. The van der Waals surface area contributed by atoms with Gasteiger partial charge in [-0.25, -0.2) is 13.8 Å². The number of hydrogen-bond acceptors (Lipinski definition) is 8. The number of nitrogens with one attached hydrogen (secondary N) is 1. The summed E-state index contributed by atoms with van der Waals surface area (Å²) >= 11 is 0. The molecule has 0 aliphatic carbocycles. The molecule has 0 bridgehead atoms. The SMILES string of the molecule is COCCNc1nc(N2CCC(F)(F)CC2)nc2cc(OCCCN3CCCC3)c(OC)cc12. The number of rotatable bonds is 11. The first-order valence-corrected chi connectivity index (χ1v) is 12.1. The van der Waals surface area contributed by atoms with Crippen LogP contribution >= 0.6 is 0 Å². The van der Waals surface area contributed by atoms with E-state index in [2.05, 4.69) is 15.2 Å². The molecule has 0 atom stereocenters. The highest BCUT2D eigenvalue weighted by Crippen LogP contribution is 2.36. The molecule has 10 heteroatoms. The maximum Gasteiger partial charge on any atom is 0.251 e. The molecule has 2 aliphatic heterocycles. The normalized spacial score (nSPS) is 18.4. The van der Waals surface area contributed by atoms with Crippen LogP contribution in [-0.2, 0) is 4.74 Å². The van der Waals surface area contributed by atoms with E-state index < -0.39 is 5.92 Å². The summed E-state index contributed by atoms with van der Waals surface area (Å²) in [6.45, 7) is 5.42. The van der Waals surface area contributed by atoms with Crippen molar-refractivity contribution in [2.75, 3.05) is 76.9 Å². The summed E-state index contributed by atoms with van der Waals surface area (Å²) in [7, 11) is 3.24. The summed E-state index contributed by atoms with van der Waals surface area (Å²) in [6.07, 6.45) is 3.08. The fraction of sp³-hybridized carbons (Fsp3) is 0.667. The van der Waals surface area contributed by atoms with Crippen LogP contribution in [0.15, 0.2) is 12.1 Å². The molecule has 0 spiro atoms. The summed E-state index contributed by atoms with van der Waals surface area (Å²) in [5.74, 6) is -0.344. The number of methoxy groups -OCH3 is 2. The Morgan fingerprint density at radius 3 is 2.47 bits per heavy atom. The van der Waals surface area contributed by atoms with Crippen molar-refractivity contribution in [2.24, 2.45) is 0 Å². The van der Waals surface area contributed by atoms with Gasteiger partial charge in [-0.15, -0.1) is 0 Å². The Bertz CT molecular complexity index is 946. The smallest absolute Gasteiger partial charge is 0.251 e. The van der Waals surface area contributed by atoms with Crippen molar-refractivity contribution >= 4 is 22.7 Å². The Kier molecular flexibility index (Phi) is 8.20. The monoisotopic (exact) mass is 479 g/mol. The average Bonchev–Trinajstić information content (AvgIpc) is 3.35. The van der Waals surface area contributed by atoms with Crippen molar-refractivity contribution in [1.29, 1.82) is 0 Å². The van der Waals surface area contributed by atoms with E-state index in [1.165, 1.54) is 25.9 Å². The van der Waals surface area contributed by atoms with Crippen LogP contribution in [0.5, 0.6) is 11.5 Å². The number of nitrogens with zero attached hydrogens (tertiary/aromatic N) is 4. The van der Waals surface area contributed by atoms with Crippen molar-refractivity contribution in [2.45, 2.75) is 38.0 Å². The maximum atomic E-state index is 13.7. The largest absolute Gasteiger partial charge is 0.493 e. The molecular formula is C24H35F2N5O3. The molecule has 2 fully saturated rings. The minimum atomic E-state index is -2.63. The average molecular weight is 480 g/mol. The van der Waals surface area contributed by atoms with Gasteiger partial charge in [0.25, 0.3) is 5.92 Å². The maximum absolute atomic E-state index is 13.7. The Hall–Kier alpha value is -2.46. The molecule has 3 heterocycles. The van der Waals surface area contributed by atoms with Crippen molar-refractivity contribution in [3.63, 3.8) is 0 Å². The molecule has 0 amide bonds. The summed E-state index contributed by atoms with van der Waals surface area (Å²) in [5.41, 5.74) is 0.678. The van der Waals surface area contributed by atoms with Gasteiger partial charge in [-0.05, 0) is 38.4 Å². The lowest BCUT2D eigenvalue weighted by atomic mass is 10.1. The molecule has 4 rings (SSSR count). The second-order valence-electron chi connectivity index (χ2n) is 8.91. The Morgan fingerprint density at radius 2 is 1.76 bits per heavy atom. The quantitative estimate of drug-likeness (QED) is 0.488. The molecule has 1 aromatic carbocycles. The first kappa shape index (κ1) is 24.7. The standard InChI is InChI=1S/C24H35F2N5O3/c1-32-15-8-27-22-18-16-20(33-2)21(34-14-5-11-30-9-3-4-10-30)17-19(18)28-23(29-22)31-12-6-24(25,26)7-13-31/h16-17H,3-15H2,1-2H3,(H,27,28,29). The molecule has 0 saturated carbocycles. The molecule has 0 radical (unpaired) electrons. The van der Waals surface area contributed by atoms with E-state index in [0.717, 1.165) is 18.4 Å². The minimum absolute atomic E-state index is 0.200. The molecule has 8 nitrogen and oxygen atoms in total. The van der Waals surface area contributed by atoms with Gasteiger partial charge < -0.3 is 29.3 Å². The molecule has 34 heavy (non-hydrogen) atoms. The predicted molar refractivity (Wildman–Crippen MR) is 129 cm³/mol. The van der Waals surface area contributed by atoms with Crippen LogP contribution in [0.2, 0.25) is 0 Å². The van der Waals surface area contributed by atoms with Crippen molar-refractivity contribution < 1.29 is 23.0 Å². The van der Waals surface area contributed by atoms with E-state index in [-0.39, 0.29) is 25.9 Å². The zero-order chi connectivity index (χ0) is 24.0. The van der Waals surface area contributed by atoms with Crippen LogP contribution < -0.4 is 19.7 Å². The molecule has 0 unspecified atom stereocenters. The lowest BCUT2D eigenvalue weighted by Crippen LogP contribution is -2.40. The topological polar surface area (TPSA) is 72.0 Å². The number of halogens is 2. The van der Waals surface area contributed by atoms with Crippen LogP contribution in [-0.4, -0.2) is 87.5 Å². The number of ether oxygens (including phenoxy) is 3. The molecular weight excluding hydrogens is 444 g/mol. The van der Waals surface area contributed by atoms with Gasteiger partial charge in [0.1, 0.15) is 5.82 Å². The molecule has 188 valence electrons. The molecule has 1 aromatic heterocycles. The van der Waals surface area contributed by atoms with E-state index in [1.807, 2.05) is 17.0 Å². The highest BCUT2D eigenvalue weighted by atomic mass is 19.3. The minimum Gasteiger partial charge on any atom is -0.493 e. The number of likely N-dealkylation sites (tertiary alicyclic amines) is 1. The highest BCUT2D eigenvalue weighted by molar-refractivity contribution is 5.92. The Labute approximate surface area is 199 Å². The second-order valence-corrected chi connectivity index (χ2v) is 8.91. The third-order valence-corrected chi connectivity index (χ3v) is 6.42.